The fourth-order valence-corrected chi connectivity index (χ4v) is 3.06. The van der Waals surface area contributed by atoms with E-state index in [9.17, 15) is 19.7 Å². The standard InChI is InChI=1S/C21H19N3O5/c1-3-17-13(2)20(16-9-4-5-10-18(16)23-17)21(26)29-12-19(25)22-14-7-6-8-15(11-14)24(27)28/h4-11H,3,12H2,1-2H3,(H,22,25). The van der Waals surface area contributed by atoms with Crippen LogP contribution in [0.4, 0.5) is 11.4 Å². The van der Waals surface area contributed by atoms with Gasteiger partial charge in [-0.1, -0.05) is 31.2 Å². The number of anilines is 1. The zero-order valence-electron chi connectivity index (χ0n) is 16.0. The first-order chi connectivity index (χ1) is 13.9. The molecule has 1 N–H and O–H groups in total. The molecule has 1 heterocycles. The molecule has 0 bridgehead atoms. The molecule has 8 nitrogen and oxygen atoms in total. The molecule has 0 aliphatic carbocycles. The Morgan fingerprint density at radius 3 is 2.66 bits per heavy atom. The molecule has 29 heavy (non-hydrogen) atoms. The molecule has 0 aliphatic heterocycles. The average molecular weight is 393 g/mol. The summed E-state index contributed by atoms with van der Waals surface area (Å²) in [4.78, 5) is 39.7. The van der Waals surface area contributed by atoms with E-state index >= 15 is 0 Å². The van der Waals surface area contributed by atoms with Crippen LogP contribution in [0.25, 0.3) is 10.9 Å². The van der Waals surface area contributed by atoms with Crippen LogP contribution in [0.2, 0.25) is 0 Å². The van der Waals surface area contributed by atoms with Crippen molar-refractivity contribution >= 4 is 34.2 Å². The van der Waals surface area contributed by atoms with Crippen molar-refractivity contribution in [3.8, 4) is 0 Å². The zero-order valence-corrected chi connectivity index (χ0v) is 16.0. The Morgan fingerprint density at radius 1 is 1.17 bits per heavy atom. The van der Waals surface area contributed by atoms with E-state index in [1.165, 1.54) is 24.3 Å². The lowest BCUT2D eigenvalue weighted by Crippen LogP contribution is -2.21. The van der Waals surface area contributed by atoms with Gasteiger partial charge in [0.05, 0.1) is 16.0 Å². The predicted molar refractivity (Wildman–Crippen MR) is 108 cm³/mol. The number of non-ortho nitro benzene ring substituents is 1. The molecule has 2 aromatic carbocycles. The van der Waals surface area contributed by atoms with E-state index in [0.717, 1.165) is 11.3 Å². The molecule has 3 aromatic rings. The Bertz CT molecular complexity index is 1110. The van der Waals surface area contributed by atoms with Crippen LogP contribution in [-0.2, 0) is 16.0 Å². The van der Waals surface area contributed by atoms with Crippen molar-refractivity contribution in [2.75, 3.05) is 11.9 Å². The van der Waals surface area contributed by atoms with Crippen molar-refractivity contribution in [3.63, 3.8) is 0 Å². The number of nitrogens with zero attached hydrogens (tertiary/aromatic N) is 2. The molecule has 0 saturated heterocycles. The Labute approximate surface area is 166 Å². The van der Waals surface area contributed by atoms with Crippen LogP contribution in [0.5, 0.6) is 0 Å². The van der Waals surface area contributed by atoms with Gasteiger partial charge in [-0.25, -0.2) is 4.79 Å². The number of nitro benzene ring substituents is 1. The first kappa shape index (κ1) is 19.9. The van der Waals surface area contributed by atoms with E-state index in [1.807, 2.05) is 19.1 Å². The lowest BCUT2D eigenvalue weighted by molar-refractivity contribution is -0.384. The van der Waals surface area contributed by atoms with Crippen molar-refractivity contribution in [1.82, 2.24) is 4.98 Å². The number of esters is 1. The van der Waals surface area contributed by atoms with Crippen molar-refractivity contribution in [2.45, 2.75) is 20.3 Å². The van der Waals surface area contributed by atoms with E-state index < -0.39 is 23.4 Å². The van der Waals surface area contributed by atoms with E-state index in [2.05, 4.69) is 10.3 Å². The van der Waals surface area contributed by atoms with E-state index in [-0.39, 0.29) is 11.4 Å². The summed E-state index contributed by atoms with van der Waals surface area (Å²) < 4.78 is 5.22. The number of ether oxygens (including phenoxy) is 1. The second kappa shape index (κ2) is 8.47. The molecule has 0 unspecified atom stereocenters. The fraction of sp³-hybridized carbons (Fsp3) is 0.190. The number of carbonyl (C=O) groups excluding carboxylic acids is 2. The minimum Gasteiger partial charge on any atom is -0.452 e. The van der Waals surface area contributed by atoms with Crippen LogP contribution < -0.4 is 5.32 Å². The fourth-order valence-electron chi connectivity index (χ4n) is 3.06. The number of carbonyl (C=O) groups is 2. The van der Waals surface area contributed by atoms with Gasteiger partial charge in [0.1, 0.15) is 0 Å². The summed E-state index contributed by atoms with van der Waals surface area (Å²) in [6, 6.07) is 12.8. The Morgan fingerprint density at radius 2 is 1.93 bits per heavy atom. The minimum atomic E-state index is -0.620. The highest BCUT2D eigenvalue weighted by Gasteiger charge is 2.19. The molecule has 148 valence electrons. The molecular weight excluding hydrogens is 374 g/mol. The molecular formula is C21H19N3O5. The number of hydrogen-bond donors (Lipinski definition) is 1. The molecule has 0 aliphatic rings. The Balaban J connectivity index is 1.76. The number of aromatic nitrogens is 1. The third kappa shape index (κ3) is 4.37. The van der Waals surface area contributed by atoms with Gasteiger partial charge in [0.15, 0.2) is 6.61 Å². The number of amides is 1. The molecule has 1 aromatic heterocycles. The third-order valence-electron chi connectivity index (χ3n) is 4.45. The SMILES string of the molecule is CCc1nc2ccccc2c(C(=O)OCC(=O)Nc2cccc([N+](=O)[O-])c2)c1C. The normalized spacial score (nSPS) is 10.6. The summed E-state index contributed by atoms with van der Waals surface area (Å²) in [7, 11) is 0. The second-order valence-electron chi connectivity index (χ2n) is 6.36. The van der Waals surface area contributed by atoms with E-state index in [0.29, 0.717) is 22.9 Å². The summed E-state index contributed by atoms with van der Waals surface area (Å²) in [5.41, 5.74) is 2.68. The third-order valence-corrected chi connectivity index (χ3v) is 4.45. The Hall–Kier alpha value is -3.81. The van der Waals surface area contributed by atoms with Gasteiger partial charge in [0.2, 0.25) is 0 Å². The summed E-state index contributed by atoms with van der Waals surface area (Å²) in [6.07, 6.45) is 0.657. The van der Waals surface area contributed by atoms with E-state index in [4.69, 9.17) is 4.74 Å². The van der Waals surface area contributed by atoms with Crippen molar-refractivity contribution in [3.05, 3.63) is 75.5 Å². The molecule has 8 heteroatoms. The Kier molecular flexibility index (Phi) is 5.82. The van der Waals surface area contributed by atoms with E-state index in [1.54, 1.807) is 19.1 Å². The number of aryl methyl sites for hydroxylation is 1. The maximum atomic E-state index is 12.7. The first-order valence-corrected chi connectivity index (χ1v) is 9.00. The molecule has 3 rings (SSSR count). The summed E-state index contributed by atoms with van der Waals surface area (Å²) >= 11 is 0. The summed E-state index contributed by atoms with van der Waals surface area (Å²) in [6.45, 7) is 3.24. The minimum absolute atomic E-state index is 0.147. The van der Waals surface area contributed by atoms with Crippen LogP contribution in [0, 0.1) is 17.0 Å². The molecule has 0 spiro atoms. The van der Waals surface area contributed by atoms with Gasteiger partial charge >= 0.3 is 5.97 Å². The maximum absolute atomic E-state index is 12.7. The average Bonchev–Trinajstić information content (AvgIpc) is 2.71. The number of benzene rings is 2. The van der Waals surface area contributed by atoms with Gasteiger partial charge in [-0.05, 0) is 31.0 Å². The van der Waals surface area contributed by atoms with Gasteiger partial charge in [0.25, 0.3) is 11.6 Å². The van der Waals surface area contributed by atoms with Crippen molar-refractivity contribution < 1.29 is 19.2 Å². The summed E-state index contributed by atoms with van der Waals surface area (Å²) in [5, 5.41) is 14.0. The molecule has 0 saturated carbocycles. The van der Waals surface area contributed by atoms with Gasteiger partial charge < -0.3 is 10.1 Å². The van der Waals surface area contributed by atoms with Crippen LogP contribution in [0.15, 0.2) is 48.5 Å². The topological polar surface area (TPSA) is 111 Å². The van der Waals surface area contributed by atoms with Crippen molar-refractivity contribution in [1.29, 1.82) is 0 Å². The quantitative estimate of drug-likeness (QED) is 0.387. The highest BCUT2D eigenvalue weighted by Crippen LogP contribution is 2.24. The lowest BCUT2D eigenvalue weighted by atomic mass is 10.0. The molecule has 0 radical (unpaired) electrons. The van der Waals surface area contributed by atoms with Crippen LogP contribution >= 0.6 is 0 Å². The van der Waals surface area contributed by atoms with Gasteiger partial charge in [0, 0.05) is 28.9 Å². The molecule has 0 atom stereocenters. The van der Waals surface area contributed by atoms with Gasteiger partial charge in [-0.3, -0.25) is 19.9 Å². The highest BCUT2D eigenvalue weighted by atomic mass is 16.6. The first-order valence-electron chi connectivity index (χ1n) is 9.00. The van der Waals surface area contributed by atoms with Crippen LogP contribution in [-0.4, -0.2) is 28.4 Å². The van der Waals surface area contributed by atoms with Gasteiger partial charge in [-0.15, -0.1) is 0 Å². The van der Waals surface area contributed by atoms with Gasteiger partial charge in [-0.2, -0.15) is 0 Å². The number of nitro groups is 1. The number of fused-ring (bicyclic) bond motifs is 1. The second-order valence-corrected chi connectivity index (χ2v) is 6.36. The smallest absolute Gasteiger partial charge is 0.339 e. The maximum Gasteiger partial charge on any atom is 0.339 e. The van der Waals surface area contributed by atoms with Crippen LogP contribution in [0.1, 0.15) is 28.5 Å². The number of pyridine rings is 1. The van der Waals surface area contributed by atoms with Crippen LogP contribution in [0.3, 0.4) is 0 Å². The lowest BCUT2D eigenvalue weighted by Gasteiger charge is -2.13. The number of hydrogen-bond acceptors (Lipinski definition) is 6. The largest absolute Gasteiger partial charge is 0.452 e. The number of para-hydroxylation sites is 1. The summed E-state index contributed by atoms with van der Waals surface area (Å²) in [5.74, 6) is -1.21. The predicted octanol–water partition coefficient (Wildman–Crippen LogP) is 3.81. The number of nitrogens with one attached hydrogen (secondary N) is 1. The monoisotopic (exact) mass is 393 g/mol. The highest BCUT2D eigenvalue weighted by molar-refractivity contribution is 6.06. The zero-order chi connectivity index (χ0) is 21.0. The van der Waals surface area contributed by atoms with Crippen molar-refractivity contribution in [2.24, 2.45) is 0 Å². The molecule has 0 fully saturated rings. The number of rotatable bonds is 6. The molecule has 1 amide bonds.